The fourth-order valence-corrected chi connectivity index (χ4v) is 3.84. The maximum Gasteiger partial charge on any atom is 0.238 e. The highest BCUT2D eigenvalue weighted by Crippen LogP contribution is 2.32. The van der Waals surface area contributed by atoms with Crippen molar-refractivity contribution in [1.29, 1.82) is 0 Å². The molecule has 4 aliphatic heterocycles. The number of oxime groups is 1. The third-order valence-electron chi connectivity index (χ3n) is 4.95. The van der Waals surface area contributed by atoms with E-state index in [2.05, 4.69) is 26.1 Å². The van der Waals surface area contributed by atoms with Crippen LogP contribution in [0.3, 0.4) is 0 Å². The summed E-state index contributed by atoms with van der Waals surface area (Å²) in [6, 6.07) is 10.4. The highest BCUT2D eigenvalue weighted by atomic mass is 35.5. The van der Waals surface area contributed by atoms with E-state index in [1.54, 1.807) is 43.3 Å². The zero-order chi connectivity index (χ0) is 26.6. The van der Waals surface area contributed by atoms with Crippen LogP contribution in [0.25, 0.3) is 0 Å². The summed E-state index contributed by atoms with van der Waals surface area (Å²) in [5.41, 5.74) is 7.98. The van der Waals surface area contributed by atoms with Gasteiger partial charge in [-0.25, -0.2) is 4.99 Å². The smallest absolute Gasteiger partial charge is 0.238 e. The Balaban J connectivity index is 1.82. The number of halogens is 2. The van der Waals surface area contributed by atoms with Crippen molar-refractivity contribution in [2.75, 3.05) is 31.6 Å². The number of guanidine groups is 1. The molecule has 4 bridgehead atoms. The summed E-state index contributed by atoms with van der Waals surface area (Å²) in [6.07, 6.45) is 3.60. The van der Waals surface area contributed by atoms with Gasteiger partial charge in [0.2, 0.25) is 11.8 Å². The summed E-state index contributed by atoms with van der Waals surface area (Å²) < 4.78 is 5.70. The molecular weight excluding hydrogens is 519 g/mol. The van der Waals surface area contributed by atoms with Crippen LogP contribution in [0.4, 0.5) is 5.69 Å². The third kappa shape index (κ3) is 9.09. The lowest BCUT2D eigenvalue weighted by Crippen LogP contribution is -2.37. The van der Waals surface area contributed by atoms with Crippen LogP contribution in [-0.2, 0) is 21.0 Å². The molecule has 0 atom stereocenters. The zero-order valence-electron chi connectivity index (χ0n) is 20.2. The Kier molecular flexibility index (Phi) is 10.8. The number of hydrogen-bond acceptors (Lipinski definition) is 8. The van der Waals surface area contributed by atoms with Crippen LogP contribution in [0, 0.1) is 0 Å². The van der Waals surface area contributed by atoms with Crippen LogP contribution in [0.1, 0.15) is 24.5 Å². The van der Waals surface area contributed by atoms with Gasteiger partial charge in [-0.3, -0.25) is 14.9 Å². The average molecular weight is 547 g/mol. The van der Waals surface area contributed by atoms with Crippen molar-refractivity contribution < 1.29 is 19.2 Å². The number of carbonyl (C=O) groups excluding carboxylic acids is 2. The van der Waals surface area contributed by atoms with Gasteiger partial charge in [-0.05, 0) is 48.9 Å². The maximum absolute atomic E-state index is 12.6. The molecule has 4 aliphatic rings. The summed E-state index contributed by atoms with van der Waals surface area (Å²) in [4.78, 5) is 34.3. The first kappa shape index (κ1) is 28.0. The first-order valence-electron chi connectivity index (χ1n) is 11.5. The number of amides is 2. The zero-order valence-corrected chi connectivity index (χ0v) is 21.7. The van der Waals surface area contributed by atoms with Crippen molar-refractivity contribution in [3.63, 3.8) is 0 Å². The van der Waals surface area contributed by atoms with Crippen molar-refractivity contribution in [1.82, 2.24) is 10.6 Å². The molecule has 0 aromatic heterocycles. The van der Waals surface area contributed by atoms with Crippen LogP contribution in [0.5, 0.6) is 5.75 Å². The number of rotatable bonds is 2. The van der Waals surface area contributed by atoms with E-state index in [-0.39, 0.29) is 41.4 Å². The van der Waals surface area contributed by atoms with Crippen LogP contribution in [0.2, 0.25) is 10.0 Å². The molecule has 2 aromatic carbocycles. The van der Waals surface area contributed by atoms with Crippen molar-refractivity contribution in [2.24, 2.45) is 15.9 Å². The van der Waals surface area contributed by atoms with E-state index >= 15 is 0 Å². The second-order valence-electron chi connectivity index (χ2n) is 7.80. The normalized spacial score (nSPS) is 17.8. The molecule has 0 radical (unpaired) electrons. The van der Waals surface area contributed by atoms with Crippen LogP contribution in [-0.4, -0.2) is 49.8 Å². The van der Waals surface area contributed by atoms with Crippen molar-refractivity contribution in [2.45, 2.75) is 19.9 Å². The molecule has 0 spiro atoms. The third-order valence-corrected chi connectivity index (χ3v) is 5.54. The minimum absolute atomic E-state index is 0.0627. The lowest BCUT2D eigenvalue weighted by molar-refractivity contribution is -0.118. The number of ether oxygens (including phenoxy) is 1. The number of nitrogens with zero attached hydrogens (tertiary/aromatic N) is 2. The van der Waals surface area contributed by atoms with Gasteiger partial charge in [0.05, 0.1) is 41.0 Å². The van der Waals surface area contributed by atoms with Gasteiger partial charge in [0, 0.05) is 12.1 Å². The Hall–Kier alpha value is -3.60. The number of carbonyl (C=O) groups is 2. The van der Waals surface area contributed by atoms with Crippen molar-refractivity contribution >= 4 is 52.4 Å². The minimum atomic E-state index is -0.414. The monoisotopic (exact) mass is 546 g/mol. The molecule has 0 saturated heterocycles. The Bertz CT molecular complexity index is 1180. The fraction of sp³-hybridized carbons (Fsp3) is 0.280. The molecule has 12 heteroatoms. The number of nitrogens with one attached hydrogen (secondary N) is 3. The molecule has 196 valence electrons. The first-order valence-corrected chi connectivity index (χ1v) is 12.3. The highest BCUT2D eigenvalue weighted by molar-refractivity contribution is 6.39. The van der Waals surface area contributed by atoms with E-state index in [9.17, 15) is 9.59 Å². The van der Waals surface area contributed by atoms with Crippen molar-refractivity contribution in [3.05, 3.63) is 69.7 Å². The Morgan fingerprint density at radius 3 is 2.51 bits per heavy atom. The van der Waals surface area contributed by atoms with Gasteiger partial charge in [-0.2, -0.15) is 0 Å². The number of anilines is 1. The number of nitrogens with two attached hydrogens (primary N) is 1. The second-order valence-corrected chi connectivity index (χ2v) is 8.62. The van der Waals surface area contributed by atoms with Crippen LogP contribution < -0.4 is 26.4 Å². The van der Waals surface area contributed by atoms with Gasteiger partial charge in [0.1, 0.15) is 19.0 Å². The van der Waals surface area contributed by atoms with Gasteiger partial charge in [-0.15, -0.1) is 0 Å². The van der Waals surface area contributed by atoms with E-state index in [1.807, 2.05) is 12.2 Å². The lowest BCUT2D eigenvalue weighted by atomic mass is 10.1. The summed E-state index contributed by atoms with van der Waals surface area (Å²) >= 11 is 12.7. The van der Waals surface area contributed by atoms with Gasteiger partial charge < -0.3 is 25.9 Å². The van der Waals surface area contributed by atoms with Crippen molar-refractivity contribution in [3.8, 4) is 5.75 Å². The summed E-state index contributed by atoms with van der Waals surface area (Å²) in [6.45, 7) is 3.13. The number of benzene rings is 2. The minimum Gasteiger partial charge on any atom is -0.490 e. The number of aliphatic imine (C=N–C) groups is 1. The van der Waals surface area contributed by atoms with Gasteiger partial charge in [0.15, 0.2) is 5.96 Å². The van der Waals surface area contributed by atoms with Gasteiger partial charge in [0.25, 0.3) is 0 Å². The molecule has 10 nitrogen and oxygen atoms in total. The SMILES string of the molecule is CCON=C1CC(=O)NC(N)=NCc2cc(Cl)c(c(Cl)c2)NC(=O)CNC/C=C\COc2ccc1cc2. The number of hydrogen-bond donors (Lipinski definition) is 4. The van der Waals surface area contributed by atoms with Gasteiger partial charge in [-0.1, -0.05) is 40.5 Å². The van der Waals surface area contributed by atoms with E-state index in [0.717, 1.165) is 0 Å². The summed E-state index contributed by atoms with van der Waals surface area (Å²) in [5, 5.41) is 12.8. The van der Waals surface area contributed by atoms with E-state index in [1.165, 1.54) is 0 Å². The lowest BCUT2D eigenvalue weighted by Gasteiger charge is -2.12. The molecule has 0 saturated carbocycles. The predicted molar refractivity (Wildman–Crippen MR) is 145 cm³/mol. The molecule has 6 rings (SSSR count). The molecule has 0 fully saturated rings. The van der Waals surface area contributed by atoms with E-state index < -0.39 is 5.91 Å². The molecule has 37 heavy (non-hydrogen) atoms. The molecule has 0 aliphatic carbocycles. The molecular formula is C25H28Cl2N6O4. The molecule has 4 heterocycles. The topological polar surface area (TPSA) is 139 Å². The Morgan fingerprint density at radius 1 is 1.08 bits per heavy atom. The maximum atomic E-state index is 12.6. The quantitative estimate of drug-likeness (QED) is 0.336. The largest absolute Gasteiger partial charge is 0.490 e. The average Bonchev–Trinajstić information content (AvgIpc) is 2.86. The Labute approximate surface area is 224 Å². The first-order chi connectivity index (χ1) is 17.9. The van der Waals surface area contributed by atoms with E-state index in [4.69, 9.17) is 38.5 Å². The molecule has 2 amide bonds. The van der Waals surface area contributed by atoms with Gasteiger partial charge >= 0.3 is 0 Å². The van der Waals surface area contributed by atoms with Crippen LogP contribution >= 0.6 is 23.2 Å². The summed E-state index contributed by atoms with van der Waals surface area (Å²) in [5.74, 6) is -0.149. The molecule has 2 aromatic rings. The standard InChI is InChI=1S/C25H28Cl2N6O4/c1-2-37-33-21-13-22(34)32-25(28)30-14-16-11-19(26)24(20(27)12-16)31-23(35)15-29-9-3-4-10-36-18-7-5-17(21)6-8-18/h3-8,11-12,29H,2,9-10,13-15H2,1H3,(H,31,35)(H3,28,30,32,34)/b4-3-,33-21?. The predicted octanol–water partition coefficient (Wildman–Crippen LogP) is 3.23. The van der Waals surface area contributed by atoms with E-state index in [0.29, 0.717) is 48.0 Å². The molecule has 5 N–H and O–H groups in total. The molecule has 0 unspecified atom stereocenters. The fourth-order valence-electron chi connectivity index (χ4n) is 3.21. The summed E-state index contributed by atoms with van der Waals surface area (Å²) in [7, 11) is 0. The van der Waals surface area contributed by atoms with Crippen LogP contribution in [0.15, 0.2) is 58.7 Å². The highest BCUT2D eigenvalue weighted by Gasteiger charge is 2.14. The Morgan fingerprint density at radius 2 is 1.81 bits per heavy atom. The second kappa shape index (κ2) is 14.2.